The normalized spacial score (nSPS) is 25.2. The first-order valence-corrected chi connectivity index (χ1v) is 7.68. The number of morpholine rings is 1. The third-order valence-corrected chi connectivity index (χ3v) is 3.92. The number of benzene rings is 1. The fourth-order valence-corrected chi connectivity index (χ4v) is 2.92. The molecule has 1 amide bonds. The Bertz CT molecular complexity index is 570. The Morgan fingerprint density at radius 1 is 1.35 bits per heavy atom. The number of anilines is 1. The van der Waals surface area contributed by atoms with Gasteiger partial charge < -0.3 is 15.0 Å². The first kappa shape index (κ1) is 18.0. The summed E-state index contributed by atoms with van der Waals surface area (Å²) < 4.78 is 43.8. The predicted octanol–water partition coefficient (Wildman–Crippen LogP) is 1.99. The van der Waals surface area contributed by atoms with Gasteiger partial charge >= 0.3 is 6.18 Å². The summed E-state index contributed by atoms with van der Waals surface area (Å²) >= 11 is 5.87. The Morgan fingerprint density at radius 2 is 1.96 bits per heavy atom. The maximum atomic E-state index is 12.7. The van der Waals surface area contributed by atoms with Gasteiger partial charge in [0.2, 0.25) is 0 Å². The molecule has 2 rings (SSSR count). The van der Waals surface area contributed by atoms with Crippen LogP contribution in [0, 0.1) is 0 Å². The van der Waals surface area contributed by atoms with Gasteiger partial charge in [0.05, 0.1) is 16.3 Å². The van der Waals surface area contributed by atoms with Crippen molar-refractivity contribution in [2.24, 2.45) is 0 Å². The minimum absolute atomic E-state index is 0.0275. The first-order chi connectivity index (χ1) is 10.6. The zero-order valence-electron chi connectivity index (χ0n) is 12.8. The molecule has 1 aliphatic rings. The molecule has 1 unspecified atom stereocenters. The van der Waals surface area contributed by atoms with Crippen molar-refractivity contribution in [3.63, 3.8) is 0 Å². The molecule has 128 valence electrons. The van der Waals surface area contributed by atoms with Gasteiger partial charge in [-0.1, -0.05) is 11.6 Å². The lowest BCUT2D eigenvalue weighted by Gasteiger charge is -2.31. The maximum Gasteiger partial charge on any atom is 0.416 e. The molecular weight excluding hydrogens is 333 g/mol. The molecule has 1 heterocycles. The molecule has 0 radical (unpaired) electrons. The van der Waals surface area contributed by atoms with E-state index in [0.29, 0.717) is 13.1 Å². The number of carbonyl (C=O) groups excluding carboxylic acids is 1. The summed E-state index contributed by atoms with van der Waals surface area (Å²) in [5.74, 6) is -0.373. The summed E-state index contributed by atoms with van der Waals surface area (Å²) in [7, 11) is 0. The molecule has 1 saturated heterocycles. The van der Waals surface area contributed by atoms with Crippen LogP contribution in [0.3, 0.4) is 0 Å². The third-order valence-electron chi connectivity index (χ3n) is 3.60. The van der Waals surface area contributed by atoms with Gasteiger partial charge in [-0.3, -0.25) is 4.79 Å². The van der Waals surface area contributed by atoms with Crippen LogP contribution in [0.1, 0.15) is 19.4 Å². The Labute approximate surface area is 137 Å². The van der Waals surface area contributed by atoms with Crippen molar-refractivity contribution in [3.8, 4) is 0 Å². The molecule has 4 nitrogen and oxygen atoms in total. The van der Waals surface area contributed by atoms with Crippen LogP contribution in [0.4, 0.5) is 18.9 Å². The average molecular weight is 352 g/mol. The minimum Gasteiger partial charge on any atom is -0.364 e. The van der Waals surface area contributed by atoms with Gasteiger partial charge in [-0.15, -0.1) is 0 Å². The smallest absolute Gasteiger partial charge is 0.364 e. The van der Waals surface area contributed by atoms with Gasteiger partial charge in [0.25, 0.3) is 5.91 Å². The van der Waals surface area contributed by atoms with Crippen LogP contribution >= 0.6 is 11.6 Å². The highest BCUT2D eigenvalue weighted by molar-refractivity contribution is 6.33. The van der Waals surface area contributed by atoms with Gasteiger partial charge in [-0.2, -0.15) is 13.2 Å². The quantitative estimate of drug-likeness (QED) is 0.874. The van der Waals surface area contributed by atoms with E-state index in [1.807, 2.05) is 13.8 Å². The van der Waals surface area contributed by atoms with Crippen molar-refractivity contribution < 1.29 is 27.6 Å². The molecule has 0 aliphatic carbocycles. The van der Waals surface area contributed by atoms with Crippen molar-refractivity contribution in [2.75, 3.05) is 25.0 Å². The van der Waals surface area contributed by atoms with E-state index in [0.717, 1.165) is 23.1 Å². The molecular formula is C15H19ClF3N2O2+. The van der Waals surface area contributed by atoms with E-state index >= 15 is 0 Å². The van der Waals surface area contributed by atoms with E-state index in [1.165, 1.54) is 0 Å². The molecule has 0 spiro atoms. The number of hydrogen-bond donors (Lipinski definition) is 2. The van der Waals surface area contributed by atoms with Gasteiger partial charge in [-0.05, 0) is 32.0 Å². The average Bonchev–Trinajstić information content (AvgIpc) is 2.38. The standard InChI is InChI=1S/C15H18ClF3N2O2/c1-9-6-21(7-10(2)23-9)8-14(22)20-13-5-11(15(17,18)19)3-4-12(13)16/h3-5,9-10H,6-8H2,1-2H3,(H,20,22)/p+1/t9-,10+. The van der Waals surface area contributed by atoms with Gasteiger partial charge in [0, 0.05) is 0 Å². The van der Waals surface area contributed by atoms with E-state index < -0.39 is 11.7 Å². The van der Waals surface area contributed by atoms with Gasteiger partial charge in [0.1, 0.15) is 25.3 Å². The van der Waals surface area contributed by atoms with Crippen LogP contribution in [0.5, 0.6) is 0 Å². The highest BCUT2D eigenvalue weighted by Crippen LogP contribution is 2.33. The highest BCUT2D eigenvalue weighted by Gasteiger charge is 2.31. The van der Waals surface area contributed by atoms with E-state index in [4.69, 9.17) is 16.3 Å². The zero-order chi connectivity index (χ0) is 17.2. The zero-order valence-corrected chi connectivity index (χ0v) is 13.6. The second-order valence-corrected chi connectivity index (χ2v) is 6.24. The molecule has 8 heteroatoms. The number of alkyl halides is 3. The topological polar surface area (TPSA) is 42.8 Å². The van der Waals surface area contributed by atoms with Crippen molar-refractivity contribution in [1.29, 1.82) is 0 Å². The fourth-order valence-electron chi connectivity index (χ4n) is 2.75. The van der Waals surface area contributed by atoms with Crippen LogP contribution in [-0.2, 0) is 15.7 Å². The summed E-state index contributed by atoms with van der Waals surface area (Å²) in [6, 6.07) is 2.86. The van der Waals surface area contributed by atoms with Crippen LogP contribution in [0.25, 0.3) is 0 Å². The van der Waals surface area contributed by atoms with Crippen molar-refractivity contribution in [1.82, 2.24) is 0 Å². The molecule has 3 atom stereocenters. The highest BCUT2D eigenvalue weighted by atomic mass is 35.5. The maximum absolute atomic E-state index is 12.7. The van der Waals surface area contributed by atoms with Gasteiger partial charge in [0.15, 0.2) is 6.54 Å². The van der Waals surface area contributed by atoms with E-state index in [9.17, 15) is 18.0 Å². The van der Waals surface area contributed by atoms with Crippen LogP contribution in [0.2, 0.25) is 5.02 Å². The summed E-state index contributed by atoms with van der Waals surface area (Å²) in [5, 5.41) is 2.54. The lowest BCUT2D eigenvalue weighted by molar-refractivity contribution is -0.907. The lowest BCUT2D eigenvalue weighted by atomic mass is 10.2. The Balaban J connectivity index is 2.02. The molecule has 1 aromatic carbocycles. The van der Waals surface area contributed by atoms with Crippen LogP contribution in [0.15, 0.2) is 18.2 Å². The Kier molecular flexibility index (Phi) is 5.54. The summed E-state index contributed by atoms with van der Waals surface area (Å²) in [5.41, 5.74) is -0.876. The number of nitrogens with one attached hydrogen (secondary N) is 2. The largest absolute Gasteiger partial charge is 0.416 e. The van der Waals surface area contributed by atoms with Crippen molar-refractivity contribution in [2.45, 2.75) is 32.2 Å². The molecule has 0 aromatic heterocycles. The SMILES string of the molecule is C[C@@H]1C[NH+](CC(=O)Nc2cc(C(F)(F)F)ccc2Cl)C[C@H](C)O1. The van der Waals surface area contributed by atoms with E-state index in [-0.39, 0.29) is 35.4 Å². The molecule has 2 N–H and O–H groups in total. The molecule has 0 saturated carbocycles. The number of amides is 1. The monoisotopic (exact) mass is 351 g/mol. The third kappa shape index (κ3) is 5.09. The summed E-state index contributed by atoms with van der Waals surface area (Å²) in [4.78, 5) is 13.1. The number of rotatable bonds is 3. The fraction of sp³-hybridized carbons (Fsp3) is 0.533. The van der Waals surface area contributed by atoms with Gasteiger partial charge in [-0.25, -0.2) is 0 Å². The van der Waals surface area contributed by atoms with Crippen molar-refractivity contribution >= 4 is 23.2 Å². The molecule has 1 aromatic rings. The Morgan fingerprint density at radius 3 is 2.52 bits per heavy atom. The first-order valence-electron chi connectivity index (χ1n) is 7.30. The number of halogens is 4. The number of hydrogen-bond acceptors (Lipinski definition) is 2. The second kappa shape index (κ2) is 7.07. The Hall–Kier alpha value is -1.31. The number of carbonyl (C=O) groups is 1. The van der Waals surface area contributed by atoms with E-state index in [2.05, 4.69) is 5.32 Å². The second-order valence-electron chi connectivity index (χ2n) is 5.83. The number of ether oxygens (including phenoxy) is 1. The number of quaternary nitrogens is 1. The van der Waals surface area contributed by atoms with Crippen molar-refractivity contribution in [3.05, 3.63) is 28.8 Å². The summed E-state index contributed by atoms with van der Waals surface area (Å²) in [6.45, 7) is 5.36. The van der Waals surface area contributed by atoms with E-state index in [1.54, 1.807) is 0 Å². The molecule has 23 heavy (non-hydrogen) atoms. The lowest BCUT2D eigenvalue weighted by Crippen LogP contribution is -3.16. The molecule has 1 aliphatic heterocycles. The summed E-state index contributed by atoms with van der Waals surface area (Å²) in [6.07, 6.45) is -4.40. The molecule has 0 bridgehead atoms. The predicted molar refractivity (Wildman–Crippen MR) is 80.7 cm³/mol. The van der Waals surface area contributed by atoms with Crippen LogP contribution < -0.4 is 10.2 Å². The minimum atomic E-state index is -4.48. The van der Waals surface area contributed by atoms with Crippen LogP contribution in [-0.4, -0.2) is 37.7 Å². The molecule has 1 fully saturated rings.